The smallest absolute Gasteiger partial charge is 0.137 e. The molecule has 0 saturated heterocycles. The predicted octanol–water partition coefficient (Wildman–Crippen LogP) is 4.24. The summed E-state index contributed by atoms with van der Waals surface area (Å²) in [5, 5.41) is 0.651. The Balaban J connectivity index is 1.84. The zero-order valence-electron chi connectivity index (χ0n) is 11.3. The number of nitrogens with two attached hydrogens (primary N) is 1. The number of hydrogen-bond donors (Lipinski definition) is 1. The normalized spacial score (nSPS) is 22.4. The Bertz CT molecular complexity index is 450. The highest BCUT2D eigenvalue weighted by Crippen LogP contribution is 2.43. The molecule has 0 amide bonds. The van der Waals surface area contributed by atoms with Crippen LogP contribution in [0.3, 0.4) is 0 Å². The Hall–Kier alpha value is -0.540. The van der Waals surface area contributed by atoms with Crippen molar-refractivity contribution in [2.24, 2.45) is 5.73 Å². The number of rotatable bonds is 4. The Morgan fingerprint density at radius 3 is 2.53 bits per heavy atom. The van der Waals surface area contributed by atoms with Gasteiger partial charge in [-0.25, -0.2) is 4.39 Å². The van der Waals surface area contributed by atoms with Crippen LogP contribution in [0, 0.1) is 5.82 Å². The van der Waals surface area contributed by atoms with Gasteiger partial charge in [-0.1, -0.05) is 25.3 Å². The third-order valence-corrected chi connectivity index (χ3v) is 5.95. The fourth-order valence-corrected chi connectivity index (χ4v) is 4.18. The second-order valence-corrected chi connectivity index (χ2v) is 7.35. The topological polar surface area (TPSA) is 26.0 Å². The van der Waals surface area contributed by atoms with E-state index >= 15 is 0 Å². The fraction of sp³-hybridized carbons (Fsp3) is 0.625. The SMILES string of the molecule is NCC1(c2ccc(SC3CC3)c(F)c2)CCCCC1. The number of thioether (sulfide) groups is 1. The van der Waals surface area contributed by atoms with Gasteiger partial charge in [0.2, 0.25) is 0 Å². The van der Waals surface area contributed by atoms with Gasteiger partial charge in [-0.2, -0.15) is 0 Å². The van der Waals surface area contributed by atoms with Crippen molar-refractivity contribution in [2.45, 2.75) is 60.5 Å². The van der Waals surface area contributed by atoms with Gasteiger partial charge in [0.25, 0.3) is 0 Å². The number of halogens is 1. The van der Waals surface area contributed by atoms with Gasteiger partial charge < -0.3 is 5.73 Å². The molecule has 2 aliphatic rings. The first-order valence-corrected chi connectivity index (χ1v) is 8.28. The summed E-state index contributed by atoms with van der Waals surface area (Å²) in [5.74, 6) is -0.0483. The Morgan fingerprint density at radius 1 is 1.21 bits per heavy atom. The van der Waals surface area contributed by atoms with Crippen LogP contribution in [0.2, 0.25) is 0 Å². The molecule has 104 valence electrons. The summed E-state index contributed by atoms with van der Waals surface area (Å²) < 4.78 is 14.2. The molecular formula is C16H22FNS. The molecule has 1 aromatic rings. The molecule has 3 heteroatoms. The minimum Gasteiger partial charge on any atom is -0.330 e. The lowest BCUT2D eigenvalue weighted by atomic mass is 9.69. The van der Waals surface area contributed by atoms with E-state index in [2.05, 4.69) is 6.07 Å². The quantitative estimate of drug-likeness (QED) is 0.892. The molecule has 3 rings (SSSR count). The largest absolute Gasteiger partial charge is 0.330 e. The van der Waals surface area contributed by atoms with Crippen molar-refractivity contribution in [3.63, 3.8) is 0 Å². The van der Waals surface area contributed by atoms with Crippen molar-refractivity contribution in [2.75, 3.05) is 6.54 Å². The van der Waals surface area contributed by atoms with Gasteiger partial charge in [-0.05, 0) is 43.4 Å². The standard InChI is InChI=1S/C16H22FNS/c17-14-10-12(4-7-15(14)19-13-5-6-13)16(11-18)8-2-1-3-9-16/h4,7,10,13H,1-3,5-6,8-9,11,18H2. The molecule has 19 heavy (non-hydrogen) atoms. The molecule has 0 unspecified atom stereocenters. The van der Waals surface area contributed by atoms with E-state index in [0.29, 0.717) is 11.8 Å². The van der Waals surface area contributed by atoms with Gasteiger partial charge >= 0.3 is 0 Å². The Morgan fingerprint density at radius 2 is 1.95 bits per heavy atom. The van der Waals surface area contributed by atoms with Crippen molar-refractivity contribution in [1.82, 2.24) is 0 Å². The maximum absolute atomic E-state index is 14.2. The second kappa shape index (κ2) is 5.45. The molecule has 0 radical (unpaired) electrons. The van der Waals surface area contributed by atoms with Gasteiger partial charge in [-0.3, -0.25) is 0 Å². The van der Waals surface area contributed by atoms with E-state index in [1.807, 2.05) is 6.07 Å². The van der Waals surface area contributed by atoms with E-state index in [1.54, 1.807) is 17.8 Å². The van der Waals surface area contributed by atoms with E-state index in [0.717, 1.165) is 23.3 Å². The van der Waals surface area contributed by atoms with Crippen LogP contribution in [0.25, 0.3) is 0 Å². The predicted molar refractivity (Wildman–Crippen MR) is 79.1 cm³/mol. The molecule has 1 aromatic carbocycles. The van der Waals surface area contributed by atoms with Crippen LogP contribution < -0.4 is 5.73 Å². The molecule has 2 N–H and O–H groups in total. The van der Waals surface area contributed by atoms with Crippen molar-refractivity contribution in [3.05, 3.63) is 29.6 Å². The summed E-state index contributed by atoms with van der Waals surface area (Å²) in [6, 6.07) is 5.84. The van der Waals surface area contributed by atoms with Crippen molar-refractivity contribution >= 4 is 11.8 Å². The zero-order chi connectivity index (χ0) is 13.3. The summed E-state index contributed by atoms with van der Waals surface area (Å²) in [6.07, 6.45) is 8.42. The molecule has 0 aliphatic heterocycles. The van der Waals surface area contributed by atoms with Crippen LogP contribution >= 0.6 is 11.8 Å². The Labute approximate surface area is 119 Å². The summed E-state index contributed by atoms with van der Waals surface area (Å²) >= 11 is 1.69. The van der Waals surface area contributed by atoms with Crippen LogP contribution in [0.5, 0.6) is 0 Å². The van der Waals surface area contributed by atoms with Gasteiger partial charge in [0, 0.05) is 22.1 Å². The maximum atomic E-state index is 14.2. The molecule has 0 atom stereocenters. The first-order valence-electron chi connectivity index (χ1n) is 7.40. The molecule has 2 fully saturated rings. The lowest BCUT2D eigenvalue weighted by molar-refractivity contribution is 0.299. The highest BCUT2D eigenvalue weighted by Gasteiger charge is 2.33. The van der Waals surface area contributed by atoms with Gasteiger partial charge in [0.15, 0.2) is 0 Å². The third kappa shape index (κ3) is 2.82. The zero-order valence-corrected chi connectivity index (χ0v) is 12.1. The van der Waals surface area contributed by atoms with E-state index in [4.69, 9.17) is 5.73 Å². The average molecular weight is 279 g/mol. The van der Waals surface area contributed by atoms with E-state index < -0.39 is 0 Å². The summed E-state index contributed by atoms with van der Waals surface area (Å²) in [4.78, 5) is 0.814. The van der Waals surface area contributed by atoms with E-state index in [1.165, 1.54) is 32.1 Å². The van der Waals surface area contributed by atoms with Gasteiger partial charge in [0.1, 0.15) is 5.82 Å². The first kappa shape index (κ1) is 13.4. The third-order valence-electron chi connectivity index (χ3n) is 4.56. The number of hydrogen-bond acceptors (Lipinski definition) is 2. The summed E-state index contributed by atoms with van der Waals surface area (Å²) in [6.45, 7) is 0.640. The van der Waals surface area contributed by atoms with Crippen LogP contribution in [-0.4, -0.2) is 11.8 Å². The van der Waals surface area contributed by atoms with Crippen molar-refractivity contribution in [3.8, 4) is 0 Å². The number of benzene rings is 1. The van der Waals surface area contributed by atoms with Crippen LogP contribution in [-0.2, 0) is 5.41 Å². The minimum atomic E-state index is -0.0483. The molecule has 0 bridgehead atoms. The lowest BCUT2D eigenvalue weighted by Gasteiger charge is -2.37. The molecule has 0 spiro atoms. The summed E-state index contributed by atoms with van der Waals surface area (Å²) in [7, 11) is 0. The summed E-state index contributed by atoms with van der Waals surface area (Å²) in [5.41, 5.74) is 7.17. The molecule has 0 heterocycles. The van der Waals surface area contributed by atoms with Crippen molar-refractivity contribution in [1.29, 1.82) is 0 Å². The fourth-order valence-electron chi connectivity index (χ4n) is 3.13. The maximum Gasteiger partial charge on any atom is 0.137 e. The van der Waals surface area contributed by atoms with Crippen LogP contribution in [0.1, 0.15) is 50.5 Å². The average Bonchev–Trinajstić information content (AvgIpc) is 3.26. The van der Waals surface area contributed by atoms with Gasteiger partial charge in [0.05, 0.1) is 0 Å². The molecule has 2 saturated carbocycles. The first-order chi connectivity index (χ1) is 9.23. The second-order valence-electron chi connectivity index (χ2n) is 6.01. The van der Waals surface area contributed by atoms with Crippen molar-refractivity contribution < 1.29 is 4.39 Å². The molecular weight excluding hydrogens is 257 g/mol. The monoisotopic (exact) mass is 279 g/mol. The Kier molecular flexibility index (Phi) is 3.86. The molecule has 1 nitrogen and oxygen atoms in total. The van der Waals surface area contributed by atoms with Crippen LogP contribution in [0.15, 0.2) is 23.1 Å². The highest BCUT2D eigenvalue weighted by atomic mass is 32.2. The lowest BCUT2D eigenvalue weighted by Crippen LogP contribution is -2.37. The molecule has 0 aromatic heterocycles. The van der Waals surface area contributed by atoms with E-state index in [9.17, 15) is 4.39 Å². The highest BCUT2D eigenvalue weighted by molar-refractivity contribution is 8.00. The minimum absolute atomic E-state index is 0.0296. The van der Waals surface area contributed by atoms with E-state index in [-0.39, 0.29) is 11.2 Å². The van der Waals surface area contributed by atoms with Crippen LogP contribution in [0.4, 0.5) is 4.39 Å². The van der Waals surface area contributed by atoms with Gasteiger partial charge in [-0.15, -0.1) is 11.8 Å². The molecule has 2 aliphatic carbocycles.